The van der Waals surface area contributed by atoms with E-state index in [0.717, 1.165) is 6.07 Å². The van der Waals surface area contributed by atoms with Gasteiger partial charge in [-0.05, 0) is 32.0 Å². The van der Waals surface area contributed by atoms with Crippen molar-refractivity contribution >= 4 is 28.9 Å². The number of aromatic nitrogens is 2. The molecular formula is C13H14ClFN4O. The summed E-state index contributed by atoms with van der Waals surface area (Å²) in [5.74, 6) is -0.830. The van der Waals surface area contributed by atoms with E-state index in [9.17, 15) is 9.18 Å². The van der Waals surface area contributed by atoms with Gasteiger partial charge in [0.15, 0.2) is 0 Å². The highest BCUT2D eigenvalue weighted by atomic mass is 35.5. The van der Waals surface area contributed by atoms with Crippen LogP contribution in [0.4, 0.5) is 15.8 Å². The van der Waals surface area contributed by atoms with E-state index in [-0.39, 0.29) is 23.2 Å². The Morgan fingerprint density at radius 3 is 2.80 bits per heavy atom. The topological polar surface area (TPSA) is 72.9 Å². The SMILES string of the molecule is Cc1nn(CC(=O)Nc2cc(F)ccc2Cl)c(C)c1N. The fraction of sp³-hybridized carbons (Fsp3) is 0.231. The summed E-state index contributed by atoms with van der Waals surface area (Å²) in [6, 6.07) is 3.77. The molecule has 20 heavy (non-hydrogen) atoms. The summed E-state index contributed by atoms with van der Waals surface area (Å²) < 4.78 is 14.6. The van der Waals surface area contributed by atoms with Crippen molar-refractivity contribution in [2.75, 3.05) is 11.1 Å². The molecule has 1 amide bonds. The number of nitrogen functional groups attached to an aromatic ring is 1. The molecule has 106 valence electrons. The van der Waals surface area contributed by atoms with Gasteiger partial charge in [0.25, 0.3) is 0 Å². The van der Waals surface area contributed by atoms with Crippen molar-refractivity contribution in [3.63, 3.8) is 0 Å². The molecule has 1 aromatic carbocycles. The molecule has 1 heterocycles. The van der Waals surface area contributed by atoms with Crippen molar-refractivity contribution < 1.29 is 9.18 Å². The zero-order valence-electron chi connectivity index (χ0n) is 11.1. The quantitative estimate of drug-likeness (QED) is 0.914. The number of carbonyl (C=O) groups is 1. The van der Waals surface area contributed by atoms with E-state index in [1.807, 2.05) is 0 Å². The second kappa shape index (κ2) is 5.50. The summed E-state index contributed by atoms with van der Waals surface area (Å²) >= 11 is 5.88. The molecule has 0 saturated heterocycles. The van der Waals surface area contributed by atoms with Crippen LogP contribution in [0.25, 0.3) is 0 Å². The number of benzene rings is 1. The minimum Gasteiger partial charge on any atom is -0.396 e. The van der Waals surface area contributed by atoms with Crippen molar-refractivity contribution in [1.82, 2.24) is 9.78 Å². The van der Waals surface area contributed by atoms with Crippen LogP contribution in [0.15, 0.2) is 18.2 Å². The van der Waals surface area contributed by atoms with Crippen LogP contribution in [0.1, 0.15) is 11.4 Å². The molecule has 0 unspecified atom stereocenters. The lowest BCUT2D eigenvalue weighted by Crippen LogP contribution is -2.20. The van der Waals surface area contributed by atoms with Gasteiger partial charge in [0, 0.05) is 0 Å². The van der Waals surface area contributed by atoms with Gasteiger partial charge in [-0.1, -0.05) is 11.6 Å². The molecule has 0 radical (unpaired) electrons. The van der Waals surface area contributed by atoms with E-state index in [0.29, 0.717) is 17.1 Å². The second-order valence-corrected chi connectivity index (χ2v) is 4.82. The molecule has 0 saturated carbocycles. The molecule has 7 heteroatoms. The summed E-state index contributed by atoms with van der Waals surface area (Å²) in [4.78, 5) is 11.9. The lowest BCUT2D eigenvalue weighted by Gasteiger charge is -2.08. The molecule has 5 nitrogen and oxygen atoms in total. The Kier molecular flexibility index (Phi) is 3.94. The number of hydrogen-bond donors (Lipinski definition) is 2. The van der Waals surface area contributed by atoms with Crippen LogP contribution in [-0.4, -0.2) is 15.7 Å². The summed E-state index contributed by atoms with van der Waals surface area (Å²) in [5.41, 5.74) is 7.95. The van der Waals surface area contributed by atoms with Crippen molar-refractivity contribution in [3.05, 3.63) is 40.4 Å². The first kappa shape index (κ1) is 14.3. The number of anilines is 2. The van der Waals surface area contributed by atoms with Crippen LogP contribution < -0.4 is 11.1 Å². The van der Waals surface area contributed by atoms with Gasteiger partial charge in [-0.15, -0.1) is 0 Å². The van der Waals surface area contributed by atoms with Crippen LogP contribution >= 0.6 is 11.6 Å². The predicted octanol–water partition coefficient (Wildman–Crippen LogP) is 2.51. The summed E-state index contributed by atoms with van der Waals surface area (Å²) in [6.45, 7) is 3.52. The molecule has 2 rings (SSSR count). The number of amides is 1. The molecule has 0 bridgehead atoms. The standard InChI is InChI=1S/C13H14ClFN4O/c1-7-13(16)8(2)19(18-7)6-12(20)17-11-5-9(15)3-4-10(11)14/h3-5H,6,16H2,1-2H3,(H,17,20). The maximum absolute atomic E-state index is 13.1. The van der Waals surface area contributed by atoms with E-state index in [1.165, 1.54) is 16.8 Å². The highest BCUT2D eigenvalue weighted by molar-refractivity contribution is 6.33. The number of nitrogens with two attached hydrogens (primary N) is 1. The zero-order valence-corrected chi connectivity index (χ0v) is 11.8. The molecule has 0 atom stereocenters. The monoisotopic (exact) mass is 296 g/mol. The van der Waals surface area contributed by atoms with Gasteiger partial charge in [0.2, 0.25) is 5.91 Å². The van der Waals surface area contributed by atoms with Crippen molar-refractivity contribution in [2.24, 2.45) is 0 Å². The summed E-state index contributed by atoms with van der Waals surface area (Å²) in [7, 11) is 0. The van der Waals surface area contributed by atoms with Crippen LogP contribution in [0.3, 0.4) is 0 Å². The molecule has 0 aliphatic carbocycles. The fourth-order valence-electron chi connectivity index (χ4n) is 1.78. The summed E-state index contributed by atoms with van der Waals surface area (Å²) in [5, 5.41) is 6.97. The Labute approximate surface area is 120 Å². The van der Waals surface area contributed by atoms with Crippen molar-refractivity contribution in [2.45, 2.75) is 20.4 Å². The molecule has 0 aliphatic heterocycles. The summed E-state index contributed by atoms with van der Waals surface area (Å²) in [6.07, 6.45) is 0. The van der Waals surface area contributed by atoms with E-state index < -0.39 is 5.82 Å². The van der Waals surface area contributed by atoms with E-state index >= 15 is 0 Å². The minimum atomic E-state index is -0.472. The number of aryl methyl sites for hydroxylation is 1. The van der Waals surface area contributed by atoms with Crippen LogP contribution in [0.5, 0.6) is 0 Å². The number of carbonyl (C=O) groups excluding carboxylic acids is 1. The van der Waals surface area contributed by atoms with Crippen molar-refractivity contribution in [3.8, 4) is 0 Å². The number of halogens is 2. The maximum Gasteiger partial charge on any atom is 0.246 e. The molecule has 0 aliphatic rings. The molecule has 2 aromatic rings. The lowest BCUT2D eigenvalue weighted by molar-refractivity contribution is -0.116. The number of nitrogens with zero attached hydrogens (tertiary/aromatic N) is 2. The smallest absolute Gasteiger partial charge is 0.246 e. The van der Waals surface area contributed by atoms with Crippen LogP contribution in [0.2, 0.25) is 5.02 Å². The molecule has 3 N–H and O–H groups in total. The molecule has 0 spiro atoms. The Hall–Kier alpha value is -2.08. The lowest BCUT2D eigenvalue weighted by atomic mass is 10.3. The maximum atomic E-state index is 13.1. The molecule has 0 fully saturated rings. The first-order valence-corrected chi connectivity index (χ1v) is 6.30. The third-order valence-corrected chi connectivity index (χ3v) is 3.26. The third-order valence-electron chi connectivity index (χ3n) is 2.93. The second-order valence-electron chi connectivity index (χ2n) is 4.41. The van der Waals surface area contributed by atoms with Gasteiger partial charge in [-0.3, -0.25) is 9.48 Å². The van der Waals surface area contributed by atoms with E-state index in [2.05, 4.69) is 10.4 Å². The fourth-order valence-corrected chi connectivity index (χ4v) is 1.95. The van der Waals surface area contributed by atoms with Crippen LogP contribution in [-0.2, 0) is 11.3 Å². The average Bonchev–Trinajstić information content (AvgIpc) is 2.61. The Balaban J connectivity index is 2.13. The average molecular weight is 297 g/mol. The number of rotatable bonds is 3. The molecule has 1 aromatic heterocycles. The first-order chi connectivity index (χ1) is 9.38. The Morgan fingerprint density at radius 2 is 2.20 bits per heavy atom. The Bertz CT molecular complexity index is 669. The first-order valence-electron chi connectivity index (χ1n) is 5.93. The Morgan fingerprint density at radius 1 is 1.50 bits per heavy atom. The van der Waals surface area contributed by atoms with Gasteiger partial charge < -0.3 is 11.1 Å². The van der Waals surface area contributed by atoms with E-state index in [4.69, 9.17) is 17.3 Å². The predicted molar refractivity (Wildman–Crippen MR) is 76.2 cm³/mol. The largest absolute Gasteiger partial charge is 0.396 e. The normalized spacial score (nSPS) is 10.6. The third kappa shape index (κ3) is 2.91. The van der Waals surface area contributed by atoms with Gasteiger partial charge >= 0.3 is 0 Å². The van der Waals surface area contributed by atoms with Crippen molar-refractivity contribution in [1.29, 1.82) is 0 Å². The van der Waals surface area contributed by atoms with Gasteiger partial charge in [-0.25, -0.2) is 4.39 Å². The molecular weight excluding hydrogens is 283 g/mol. The van der Waals surface area contributed by atoms with Gasteiger partial charge in [0.05, 0.1) is 27.8 Å². The van der Waals surface area contributed by atoms with Gasteiger partial charge in [-0.2, -0.15) is 5.10 Å². The van der Waals surface area contributed by atoms with E-state index in [1.54, 1.807) is 13.8 Å². The van der Waals surface area contributed by atoms with Crippen LogP contribution in [0, 0.1) is 19.7 Å². The number of nitrogens with one attached hydrogen (secondary N) is 1. The van der Waals surface area contributed by atoms with Gasteiger partial charge in [0.1, 0.15) is 12.4 Å². The minimum absolute atomic E-state index is 0.0171. The zero-order chi connectivity index (χ0) is 14.9. The highest BCUT2D eigenvalue weighted by Crippen LogP contribution is 2.22. The number of hydrogen-bond acceptors (Lipinski definition) is 3. The highest BCUT2D eigenvalue weighted by Gasteiger charge is 2.12.